The highest BCUT2D eigenvalue weighted by Gasteiger charge is 2.26. The molecule has 0 saturated carbocycles. The van der Waals surface area contributed by atoms with Crippen LogP contribution in [0.3, 0.4) is 0 Å². The van der Waals surface area contributed by atoms with Crippen LogP contribution in [0.4, 0.5) is 8.78 Å². The number of carboxylic acids is 1. The molecule has 0 saturated heterocycles. The van der Waals surface area contributed by atoms with Gasteiger partial charge in [-0.05, 0) is 62.4 Å². The highest BCUT2D eigenvalue weighted by atomic mass is 35.5. The second-order valence-corrected chi connectivity index (χ2v) is 11.4. The van der Waals surface area contributed by atoms with Crippen molar-refractivity contribution in [3.63, 3.8) is 0 Å². The summed E-state index contributed by atoms with van der Waals surface area (Å²) < 4.78 is 32.6. The molecule has 0 bridgehead atoms. The summed E-state index contributed by atoms with van der Waals surface area (Å²) in [6, 6.07) is 13.1. The van der Waals surface area contributed by atoms with E-state index >= 15 is 0 Å². The second kappa shape index (κ2) is 11.9. The van der Waals surface area contributed by atoms with Gasteiger partial charge in [0.1, 0.15) is 10.8 Å². The van der Waals surface area contributed by atoms with Gasteiger partial charge in [-0.2, -0.15) is 0 Å². The average molecular weight is 569 g/mol. The summed E-state index contributed by atoms with van der Waals surface area (Å²) in [5.41, 5.74) is 0.599. The van der Waals surface area contributed by atoms with Crippen molar-refractivity contribution in [2.45, 2.75) is 52.4 Å². The van der Waals surface area contributed by atoms with E-state index < -0.39 is 17.3 Å². The van der Waals surface area contributed by atoms with Gasteiger partial charge in [0, 0.05) is 23.8 Å². The lowest BCUT2D eigenvalue weighted by atomic mass is 9.88. The highest BCUT2D eigenvalue weighted by Crippen LogP contribution is 2.36. The molecule has 0 fully saturated rings. The van der Waals surface area contributed by atoms with Crippen molar-refractivity contribution in [2.24, 2.45) is 5.41 Å². The molecule has 1 heterocycles. The second-order valence-electron chi connectivity index (χ2n) is 9.54. The number of hydrogen-bond acceptors (Lipinski definition) is 4. The zero-order chi connectivity index (χ0) is 27.4. The smallest absolute Gasteiger partial charge is 0.309 e. The number of ketones is 1. The molecule has 198 valence electrons. The molecule has 0 spiro atoms. The Bertz CT molecular complexity index is 1260. The Morgan fingerprint density at radius 1 is 0.973 bits per heavy atom. The standard InChI is InChI=1S/C28H28Cl2F2O4S/c1-27(2,26(34)35)15-4-16-36-21-12-8-18(24(29)25(21)30)7-11-20(33)23-14-13-22(37-23)17-5-9-19(10-6-17)28(3,31)32/h5-6,8-10,12-14H,4,7,11,15-16H2,1-3H3,(H,34,35). The molecular weight excluding hydrogens is 541 g/mol. The molecule has 3 aromatic rings. The van der Waals surface area contributed by atoms with Crippen LogP contribution in [0.5, 0.6) is 5.75 Å². The van der Waals surface area contributed by atoms with Gasteiger partial charge in [-0.3, -0.25) is 9.59 Å². The monoisotopic (exact) mass is 568 g/mol. The Morgan fingerprint density at radius 2 is 1.65 bits per heavy atom. The molecule has 3 rings (SSSR count). The molecule has 0 aliphatic carbocycles. The molecule has 4 nitrogen and oxygen atoms in total. The van der Waals surface area contributed by atoms with E-state index in [1.165, 1.54) is 23.5 Å². The van der Waals surface area contributed by atoms with Gasteiger partial charge in [-0.1, -0.05) is 53.5 Å². The third-order valence-corrected chi connectivity index (χ3v) is 8.17. The van der Waals surface area contributed by atoms with E-state index in [0.717, 1.165) is 17.4 Å². The third kappa shape index (κ3) is 7.53. The minimum atomic E-state index is -2.90. The minimum absolute atomic E-state index is 0.0541. The molecule has 37 heavy (non-hydrogen) atoms. The Balaban J connectivity index is 1.57. The topological polar surface area (TPSA) is 63.6 Å². The maximum atomic E-state index is 13.4. The van der Waals surface area contributed by atoms with Gasteiger partial charge in [-0.25, -0.2) is 8.78 Å². The first kappa shape index (κ1) is 29.1. The first-order valence-electron chi connectivity index (χ1n) is 11.7. The molecule has 0 amide bonds. The Morgan fingerprint density at radius 3 is 2.27 bits per heavy atom. The van der Waals surface area contributed by atoms with Crippen molar-refractivity contribution >= 4 is 46.3 Å². The van der Waals surface area contributed by atoms with Crippen LogP contribution in [0, 0.1) is 5.41 Å². The zero-order valence-electron chi connectivity index (χ0n) is 20.7. The van der Waals surface area contributed by atoms with Crippen LogP contribution < -0.4 is 4.74 Å². The lowest BCUT2D eigenvalue weighted by molar-refractivity contribution is -0.147. The van der Waals surface area contributed by atoms with Crippen molar-refractivity contribution in [1.82, 2.24) is 0 Å². The van der Waals surface area contributed by atoms with Crippen LogP contribution in [-0.2, 0) is 17.1 Å². The van der Waals surface area contributed by atoms with E-state index in [1.807, 2.05) is 6.07 Å². The summed E-state index contributed by atoms with van der Waals surface area (Å²) in [6.07, 6.45) is 1.61. The maximum absolute atomic E-state index is 13.4. The first-order chi connectivity index (χ1) is 17.3. The molecule has 0 unspecified atom stereocenters. The molecule has 0 aliphatic rings. The number of ether oxygens (including phenoxy) is 1. The fourth-order valence-corrected chi connectivity index (χ4v) is 5.09. The van der Waals surface area contributed by atoms with Crippen molar-refractivity contribution < 1.29 is 28.2 Å². The molecule has 2 aromatic carbocycles. The van der Waals surface area contributed by atoms with Crippen LogP contribution in [0.2, 0.25) is 10.0 Å². The average Bonchev–Trinajstić information content (AvgIpc) is 3.33. The van der Waals surface area contributed by atoms with Crippen LogP contribution in [-0.4, -0.2) is 23.5 Å². The first-order valence-corrected chi connectivity index (χ1v) is 13.3. The lowest BCUT2D eigenvalue weighted by Gasteiger charge is -2.19. The van der Waals surface area contributed by atoms with Crippen molar-refractivity contribution in [3.05, 3.63) is 74.6 Å². The lowest BCUT2D eigenvalue weighted by Crippen LogP contribution is -2.24. The fourth-order valence-electron chi connectivity index (χ4n) is 3.62. The van der Waals surface area contributed by atoms with Gasteiger partial charge in [0.2, 0.25) is 0 Å². The summed E-state index contributed by atoms with van der Waals surface area (Å²) in [6.45, 7) is 4.49. The minimum Gasteiger partial charge on any atom is -0.492 e. The van der Waals surface area contributed by atoms with Crippen LogP contribution in [0.15, 0.2) is 48.5 Å². The number of alkyl halides is 2. The molecule has 0 aliphatic heterocycles. The number of hydrogen-bond donors (Lipinski definition) is 1. The molecule has 9 heteroatoms. The molecular formula is C28H28Cl2F2O4S. The number of carbonyl (C=O) groups excluding carboxylic acids is 1. The molecule has 0 radical (unpaired) electrons. The summed E-state index contributed by atoms with van der Waals surface area (Å²) >= 11 is 14.1. The SMILES string of the molecule is CC(C)(CCCOc1ccc(CCC(=O)c2ccc(-c3ccc(C(C)(F)F)cc3)s2)c(Cl)c1Cl)C(=O)O. The molecule has 1 aromatic heterocycles. The van der Waals surface area contributed by atoms with Gasteiger partial charge in [0.05, 0.1) is 21.9 Å². The van der Waals surface area contributed by atoms with Crippen LogP contribution in [0.1, 0.15) is 60.8 Å². The number of rotatable bonds is 12. The summed E-state index contributed by atoms with van der Waals surface area (Å²) in [4.78, 5) is 25.4. The predicted octanol–water partition coefficient (Wildman–Crippen LogP) is 8.92. The Hall–Kier alpha value is -2.48. The van der Waals surface area contributed by atoms with E-state index in [0.29, 0.717) is 47.1 Å². The zero-order valence-corrected chi connectivity index (χ0v) is 23.1. The normalized spacial score (nSPS) is 12.0. The molecule has 0 atom stereocenters. The summed E-state index contributed by atoms with van der Waals surface area (Å²) in [5, 5.41) is 9.76. The Labute approximate surface area is 229 Å². The number of thiophene rings is 1. The van der Waals surface area contributed by atoms with Gasteiger partial charge in [-0.15, -0.1) is 11.3 Å². The van der Waals surface area contributed by atoms with Gasteiger partial charge in [0.15, 0.2) is 5.78 Å². The van der Waals surface area contributed by atoms with Crippen molar-refractivity contribution in [1.29, 1.82) is 0 Å². The highest BCUT2D eigenvalue weighted by molar-refractivity contribution is 7.17. The van der Waals surface area contributed by atoms with Crippen LogP contribution >= 0.6 is 34.5 Å². The van der Waals surface area contributed by atoms with E-state index in [2.05, 4.69) is 0 Å². The Kier molecular flexibility index (Phi) is 9.37. The predicted molar refractivity (Wildman–Crippen MR) is 145 cm³/mol. The van der Waals surface area contributed by atoms with Crippen molar-refractivity contribution in [3.8, 4) is 16.2 Å². The number of aliphatic carboxylic acids is 1. The fraction of sp³-hybridized carbons (Fsp3) is 0.357. The van der Waals surface area contributed by atoms with E-state index in [1.54, 1.807) is 44.2 Å². The summed E-state index contributed by atoms with van der Waals surface area (Å²) in [5.74, 6) is -3.40. The largest absolute Gasteiger partial charge is 0.492 e. The van der Waals surface area contributed by atoms with Gasteiger partial charge >= 0.3 is 5.97 Å². The van der Waals surface area contributed by atoms with E-state index in [9.17, 15) is 23.5 Å². The van der Waals surface area contributed by atoms with E-state index in [4.69, 9.17) is 27.9 Å². The number of carbonyl (C=O) groups is 2. The number of Topliss-reactive ketones (excluding diaryl/α,β-unsaturated/α-hetero) is 1. The quantitative estimate of drug-likeness (QED) is 0.175. The van der Waals surface area contributed by atoms with Gasteiger partial charge in [0.25, 0.3) is 5.92 Å². The number of benzene rings is 2. The maximum Gasteiger partial charge on any atom is 0.309 e. The number of carboxylic acid groups (broad SMARTS) is 1. The number of aryl methyl sites for hydroxylation is 1. The summed E-state index contributed by atoms with van der Waals surface area (Å²) in [7, 11) is 0. The van der Waals surface area contributed by atoms with Crippen molar-refractivity contribution in [2.75, 3.05) is 6.61 Å². The van der Waals surface area contributed by atoms with Crippen LogP contribution in [0.25, 0.3) is 10.4 Å². The molecule has 1 N–H and O–H groups in total. The third-order valence-electron chi connectivity index (χ3n) is 6.09. The van der Waals surface area contributed by atoms with Gasteiger partial charge < -0.3 is 9.84 Å². The number of halogens is 4. The van der Waals surface area contributed by atoms with E-state index in [-0.39, 0.29) is 22.8 Å².